The summed E-state index contributed by atoms with van der Waals surface area (Å²) in [7, 11) is 0. The second-order valence-corrected chi connectivity index (χ2v) is 7.43. The van der Waals surface area contributed by atoms with Crippen LogP contribution in [0.25, 0.3) is 0 Å². The molecule has 1 aromatic heterocycles. The van der Waals surface area contributed by atoms with E-state index in [1.807, 2.05) is 60.7 Å². The zero-order valence-corrected chi connectivity index (χ0v) is 17.5. The Morgan fingerprint density at radius 1 is 1.06 bits per heavy atom. The number of hydrogen-bond acceptors (Lipinski definition) is 4. The molecular weight excluding hydrogens is 390 g/mol. The Bertz CT molecular complexity index is 1050. The van der Waals surface area contributed by atoms with Gasteiger partial charge in [-0.05, 0) is 42.7 Å². The SMILES string of the molecule is CCc1ccc(NC(=O)CCCN2C(=O)C(c3ccccc3)Oc3cccnc32)cc1. The van der Waals surface area contributed by atoms with E-state index in [0.717, 1.165) is 17.7 Å². The van der Waals surface area contributed by atoms with Gasteiger partial charge >= 0.3 is 0 Å². The predicted octanol–water partition coefficient (Wildman–Crippen LogP) is 4.53. The highest BCUT2D eigenvalue weighted by Crippen LogP contribution is 2.37. The van der Waals surface area contributed by atoms with E-state index in [0.29, 0.717) is 31.0 Å². The largest absolute Gasteiger partial charge is 0.472 e. The smallest absolute Gasteiger partial charge is 0.274 e. The van der Waals surface area contributed by atoms with Gasteiger partial charge in [0.05, 0.1) is 0 Å². The van der Waals surface area contributed by atoms with Crippen molar-refractivity contribution in [1.82, 2.24) is 4.98 Å². The van der Waals surface area contributed by atoms with Gasteiger partial charge in [-0.1, -0.05) is 49.4 Å². The number of pyridine rings is 1. The van der Waals surface area contributed by atoms with Gasteiger partial charge < -0.3 is 10.1 Å². The molecule has 31 heavy (non-hydrogen) atoms. The molecule has 1 aliphatic rings. The molecule has 1 aliphatic heterocycles. The summed E-state index contributed by atoms with van der Waals surface area (Å²) in [5, 5.41) is 2.91. The van der Waals surface area contributed by atoms with Crippen LogP contribution in [0.3, 0.4) is 0 Å². The molecule has 0 radical (unpaired) electrons. The lowest BCUT2D eigenvalue weighted by molar-refractivity contribution is -0.127. The molecule has 0 bridgehead atoms. The van der Waals surface area contributed by atoms with Gasteiger partial charge in [0.15, 0.2) is 11.6 Å². The first-order chi connectivity index (χ1) is 15.2. The fourth-order valence-corrected chi connectivity index (χ4v) is 3.60. The first-order valence-electron chi connectivity index (χ1n) is 10.5. The second kappa shape index (κ2) is 9.43. The van der Waals surface area contributed by atoms with Crippen molar-refractivity contribution < 1.29 is 14.3 Å². The number of nitrogens with one attached hydrogen (secondary N) is 1. The van der Waals surface area contributed by atoms with E-state index in [1.54, 1.807) is 17.2 Å². The summed E-state index contributed by atoms with van der Waals surface area (Å²) < 4.78 is 5.95. The van der Waals surface area contributed by atoms with Crippen LogP contribution in [-0.2, 0) is 16.0 Å². The lowest BCUT2D eigenvalue weighted by Crippen LogP contribution is -2.42. The molecule has 2 amide bonds. The Morgan fingerprint density at radius 2 is 1.84 bits per heavy atom. The Kier molecular flexibility index (Phi) is 6.26. The van der Waals surface area contributed by atoms with Crippen molar-refractivity contribution >= 4 is 23.3 Å². The predicted molar refractivity (Wildman–Crippen MR) is 120 cm³/mol. The van der Waals surface area contributed by atoms with Gasteiger partial charge in [0.2, 0.25) is 12.0 Å². The van der Waals surface area contributed by atoms with Gasteiger partial charge in [0.25, 0.3) is 5.91 Å². The molecule has 1 N–H and O–H groups in total. The lowest BCUT2D eigenvalue weighted by Gasteiger charge is -2.33. The zero-order valence-electron chi connectivity index (χ0n) is 17.5. The second-order valence-electron chi connectivity index (χ2n) is 7.43. The topological polar surface area (TPSA) is 71.5 Å². The highest BCUT2D eigenvalue weighted by atomic mass is 16.5. The summed E-state index contributed by atoms with van der Waals surface area (Å²) in [5.41, 5.74) is 2.80. The van der Waals surface area contributed by atoms with Gasteiger partial charge in [-0.2, -0.15) is 0 Å². The van der Waals surface area contributed by atoms with Gasteiger partial charge in [0, 0.05) is 30.4 Å². The number of amides is 2. The molecule has 0 fully saturated rings. The minimum Gasteiger partial charge on any atom is -0.472 e. The summed E-state index contributed by atoms with van der Waals surface area (Å²) in [6.45, 7) is 2.48. The number of carbonyl (C=O) groups excluding carboxylic acids is 2. The average molecular weight is 415 g/mol. The van der Waals surface area contributed by atoms with Gasteiger partial charge in [-0.15, -0.1) is 0 Å². The number of benzene rings is 2. The molecule has 1 atom stereocenters. The van der Waals surface area contributed by atoms with Crippen molar-refractivity contribution in [3.8, 4) is 5.75 Å². The summed E-state index contributed by atoms with van der Waals surface area (Å²) in [6, 6.07) is 20.8. The first kappa shape index (κ1) is 20.6. The molecule has 6 nitrogen and oxygen atoms in total. The van der Waals surface area contributed by atoms with Crippen molar-refractivity contribution in [2.45, 2.75) is 32.3 Å². The third-order valence-electron chi connectivity index (χ3n) is 5.28. The lowest BCUT2D eigenvalue weighted by atomic mass is 10.1. The number of anilines is 2. The number of aryl methyl sites for hydroxylation is 1. The third-order valence-corrected chi connectivity index (χ3v) is 5.28. The zero-order chi connectivity index (χ0) is 21.6. The van der Waals surface area contributed by atoms with Crippen molar-refractivity contribution in [2.75, 3.05) is 16.8 Å². The fourth-order valence-electron chi connectivity index (χ4n) is 3.60. The van der Waals surface area contributed by atoms with E-state index in [4.69, 9.17) is 4.74 Å². The van der Waals surface area contributed by atoms with Crippen LogP contribution in [0.15, 0.2) is 72.9 Å². The number of hydrogen-bond donors (Lipinski definition) is 1. The molecule has 0 saturated heterocycles. The fraction of sp³-hybridized carbons (Fsp3) is 0.240. The van der Waals surface area contributed by atoms with E-state index in [1.165, 1.54) is 5.56 Å². The summed E-state index contributed by atoms with van der Waals surface area (Å²) in [5.74, 6) is 0.811. The first-order valence-corrected chi connectivity index (χ1v) is 10.5. The van der Waals surface area contributed by atoms with Crippen LogP contribution in [0.4, 0.5) is 11.5 Å². The summed E-state index contributed by atoms with van der Waals surface area (Å²) in [4.78, 5) is 31.5. The number of fused-ring (bicyclic) bond motifs is 1. The van der Waals surface area contributed by atoms with Crippen molar-refractivity contribution in [3.05, 3.63) is 84.1 Å². The molecule has 158 valence electrons. The molecule has 2 heterocycles. The minimum atomic E-state index is -0.719. The summed E-state index contributed by atoms with van der Waals surface area (Å²) in [6.07, 6.45) is 2.70. The number of ether oxygens (including phenoxy) is 1. The monoisotopic (exact) mass is 415 g/mol. The number of aromatic nitrogens is 1. The van der Waals surface area contributed by atoms with E-state index in [9.17, 15) is 9.59 Å². The maximum absolute atomic E-state index is 13.2. The molecule has 4 rings (SSSR count). The van der Waals surface area contributed by atoms with Crippen LogP contribution in [0.2, 0.25) is 0 Å². The van der Waals surface area contributed by atoms with Crippen LogP contribution in [0.5, 0.6) is 5.75 Å². The summed E-state index contributed by atoms with van der Waals surface area (Å²) >= 11 is 0. The van der Waals surface area contributed by atoms with Crippen LogP contribution in [0, 0.1) is 0 Å². The normalized spacial score (nSPS) is 15.2. The van der Waals surface area contributed by atoms with Gasteiger partial charge in [0.1, 0.15) is 0 Å². The Labute approximate surface area is 181 Å². The van der Waals surface area contributed by atoms with Crippen LogP contribution in [0.1, 0.15) is 37.0 Å². The van der Waals surface area contributed by atoms with Gasteiger partial charge in [-0.3, -0.25) is 14.5 Å². The highest BCUT2D eigenvalue weighted by Gasteiger charge is 2.36. The third kappa shape index (κ3) is 4.74. The molecule has 3 aromatic rings. The highest BCUT2D eigenvalue weighted by molar-refractivity contribution is 5.99. The van der Waals surface area contributed by atoms with Crippen LogP contribution >= 0.6 is 0 Å². The Hall–Kier alpha value is -3.67. The maximum atomic E-state index is 13.2. The van der Waals surface area contributed by atoms with Crippen LogP contribution in [-0.4, -0.2) is 23.3 Å². The number of rotatable bonds is 7. The van der Waals surface area contributed by atoms with Crippen molar-refractivity contribution in [1.29, 1.82) is 0 Å². The molecule has 2 aromatic carbocycles. The molecule has 6 heteroatoms. The number of carbonyl (C=O) groups is 2. The van der Waals surface area contributed by atoms with E-state index in [-0.39, 0.29) is 11.8 Å². The minimum absolute atomic E-state index is 0.0780. The molecule has 1 unspecified atom stereocenters. The van der Waals surface area contributed by atoms with Crippen LogP contribution < -0.4 is 15.0 Å². The van der Waals surface area contributed by atoms with Crippen molar-refractivity contribution in [2.24, 2.45) is 0 Å². The maximum Gasteiger partial charge on any atom is 0.274 e. The Balaban J connectivity index is 1.41. The van der Waals surface area contributed by atoms with E-state index in [2.05, 4.69) is 17.2 Å². The standard InChI is InChI=1S/C25H25N3O3/c1-2-18-12-14-20(15-13-18)27-22(29)11-7-17-28-24-21(10-6-16-26-24)31-23(25(28)30)19-8-4-3-5-9-19/h3-6,8-10,12-16,23H,2,7,11,17H2,1H3,(H,27,29). The Morgan fingerprint density at radius 3 is 2.58 bits per heavy atom. The van der Waals surface area contributed by atoms with E-state index >= 15 is 0 Å². The molecule has 0 aliphatic carbocycles. The van der Waals surface area contributed by atoms with Crippen molar-refractivity contribution in [3.63, 3.8) is 0 Å². The van der Waals surface area contributed by atoms with E-state index < -0.39 is 6.10 Å². The number of nitrogens with zero attached hydrogens (tertiary/aromatic N) is 2. The molecule has 0 spiro atoms. The average Bonchev–Trinajstić information content (AvgIpc) is 2.81. The quantitative estimate of drug-likeness (QED) is 0.615. The molecular formula is C25H25N3O3. The molecule has 0 saturated carbocycles. The van der Waals surface area contributed by atoms with Gasteiger partial charge in [-0.25, -0.2) is 4.98 Å².